The Morgan fingerprint density at radius 3 is 2.62 bits per heavy atom. The Hall–Kier alpha value is -0.870. The number of hydrogen-bond donors (Lipinski definition) is 2. The van der Waals surface area contributed by atoms with Gasteiger partial charge in [-0.1, -0.05) is 13.5 Å². The van der Waals surface area contributed by atoms with Crippen LogP contribution in [0.4, 0.5) is 0 Å². The number of carbonyl (C=O) groups is 1. The van der Waals surface area contributed by atoms with E-state index < -0.39 is 5.97 Å². The molecule has 0 amide bonds. The second-order valence-electron chi connectivity index (χ2n) is 4.42. The highest BCUT2D eigenvalue weighted by Crippen LogP contribution is 2.15. The summed E-state index contributed by atoms with van der Waals surface area (Å²) in [5, 5.41) is 11.8. The third kappa shape index (κ3) is 4.33. The number of hydrogen-bond acceptors (Lipinski definition) is 3. The molecule has 16 heavy (non-hydrogen) atoms. The molecule has 0 aliphatic carbocycles. The summed E-state index contributed by atoms with van der Waals surface area (Å²) in [6, 6.07) is 0. The van der Waals surface area contributed by atoms with Gasteiger partial charge in [0.2, 0.25) is 0 Å². The van der Waals surface area contributed by atoms with Crippen molar-refractivity contribution in [2.45, 2.75) is 19.8 Å². The van der Waals surface area contributed by atoms with E-state index in [1.165, 1.54) is 25.9 Å². The van der Waals surface area contributed by atoms with Crippen LogP contribution in [0.2, 0.25) is 0 Å². The molecule has 0 aromatic carbocycles. The van der Waals surface area contributed by atoms with Gasteiger partial charge in [0.25, 0.3) is 0 Å². The van der Waals surface area contributed by atoms with Gasteiger partial charge in [0, 0.05) is 12.1 Å². The van der Waals surface area contributed by atoms with Crippen LogP contribution < -0.4 is 5.32 Å². The predicted molar refractivity (Wildman–Crippen MR) is 64.5 cm³/mol. The van der Waals surface area contributed by atoms with E-state index in [1.54, 1.807) is 0 Å². The van der Waals surface area contributed by atoms with Crippen LogP contribution >= 0.6 is 0 Å². The third-order valence-electron chi connectivity index (χ3n) is 3.23. The van der Waals surface area contributed by atoms with E-state index in [0.29, 0.717) is 12.5 Å². The first-order valence-corrected chi connectivity index (χ1v) is 5.97. The lowest BCUT2D eigenvalue weighted by molar-refractivity contribution is -0.132. The topological polar surface area (TPSA) is 52.6 Å². The number of carboxylic acids is 1. The quantitative estimate of drug-likeness (QED) is 0.662. The molecular formula is C12H22N2O2. The highest BCUT2D eigenvalue weighted by molar-refractivity contribution is 5.86. The zero-order chi connectivity index (χ0) is 12.0. The Bertz CT molecular complexity index is 245. The second-order valence-corrected chi connectivity index (χ2v) is 4.42. The Labute approximate surface area is 97.3 Å². The molecule has 1 heterocycles. The zero-order valence-electron chi connectivity index (χ0n) is 10.0. The van der Waals surface area contributed by atoms with E-state index in [9.17, 15) is 4.79 Å². The van der Waals surface area contributed by atoms with Crippen molar-refractivity contribution < 1.29 is 9.90 Å². The van der Waals surface area contributed by atoms with E-state index in [-0.39, 0.29) is 5.57 Å². The summed E-state index contributed by atoms with van der Waals surface area (Å²) in [4.78, 5) is 13.0. The molecule has 0 atom stereocenters. The van der Waals surface area contributed by atoms with Gasteiger partial charge in [-0.05, 0) is 44.9 Å². The molecule has 0 bridgehead atoms. The molecule has 2 N–H and O–H groups in total. The van der Waals surface area contributed by atoms with Gasteiger partial charge in [0.1, 0.15) is 0 Å². The van der Waals surface area contributed by atoms with Crippen LogP contribution in [-0.4, -0.2) is 48.7 Å². The molecule has 92 valence electrons. The average molecular weight is 226 g/mol. The normalized spacial score (nSPS) is 18.6. The third-order valence-corrected chi connectivity index (χ3v) is 3.23. The lowest BCUT2D eigenvalue weighted by Crippen LogP contribution is -2.37. The van der Waals surface area contributed by atoms with Gasteiger partial charge < -0.3 is 15.3 Å². The lowest BCUT2D eigenvalue weighted by atomic mass is 9.97. The smallest absolute Gasteiger partial charge is 0.332 e. The minimum Gasteiger partial charge on any atom is -0.478 e. The fourth-order valence-corrected chi connectivity index (χ4v) is 2.01. The monoisotopic (exact) mass is 226 g/mol. The SMILES string of the molecule is C=C(CNCC1CCN(CC)CC1)C(=O)O. The van der Waals surface area contributed by atoms with Crippen LogP contribution in [0.3, 0.4) is 0 Å². The number of nitrogens with one attached hydrogen (secondary N) is 1. The molecule has 1 fully saturated rings. The van der Waals surface area contributed by atoms with Gasteiger partial charge >= 0.3 is 5.97 Å². The molecule has 0 aromatic rings. The minimum absolute atomic E-state index is 0.242. The van der Waals surface area contributed by atoms with Crippen molar-refractivity contribution in [3.8, 4) is 0 Å². The zero-order valence-corrected chi connectivity index (χ0v) is 10.0. The van der Waals surface area contributed by atoms with Crippen molar-refractivity contribution in [3.63, 3.8) is 0 Å². The van der Waals surface area contributed by atoms with E-state index in [0.717, 1.165) is 13.1 Å². The van der Waals surface area contributed by atoms with Crippen LogP contribution in [0, 0.1) is 5.92 Å². The summed E-state index contributed by atoms with van der Waals surface area (Å²) in [6.07, 6.45) is 2.42. The summed E-state index contributed by atoms with van der Waals surface area (Å²) in [7, 11) is 0. The molecule has 4 nitrogen and oxygen atoms in total. The van der Waals surface area contributed by atoms with Gasteiger partial charge in [0.15, 0.2) is 0 Å². The number of aliphatic carboxylic acids is 1. The maximum Gasteiger partial charge on any atom is 0.332 e. The van der Waals surface area contributed by atoms with Crippen molar-refractivity contribution in [1.82, 2.24) is 10.2 Å². The molecule has 1 aliphatic heterocycles. The van der Waals surface area contributed by atoms with E-state index >= 15 is 0 Å². The van der Waals surface area contributed by atoms with Crippen molar-refractivity contribution in [1.29, 1.82) is 0 Å². The molecule has 1 rings (SSSR count). The molecular weight excluding hydrogens is 204 g/mol. The first kappa shape index (κ1) is 13.2. The molecule has 1 saturated heterocycles. The highest BCUT2D eigenvalue weighted by Gasteiger charge is 2.17. The van der Waals surface area contributed by atoms with Gasteiger partial charge in [-0.3, -0.25) is 0 Å². The van der Waals surface area contributed by atoms with Crippen LogP contribution in [0.5, 0.6) is 0 Å². The maximum absolute atomic E-state index is 10.5. The predicted octanol–water partition coefficient (Wildman–Crippen LogP) is 0.949. The summed E-state index contributed by atoms with van der Waals surface area (Å²) in [5.41, 5.74) is 0.242. The highest BCUT2D eigenvalue weighted by atomic mass is 16.4. The van der Waals surface area contributed by atoms with E-state index in [1.807, 2.05) is 0 Å². The van der Waals surface area contributed by atoms with Gasteiger partial charge in [0.05, 0.1) is 0 Å². The van der Waals surface area contributed by atoms with Crippen LogP contribution in [0.15, 0.2) is 12.2 Å². The molecule has 0 unspecified atom stereocenters. The summed E-state index contributed by atoms with van der Waals surface area (Å²) >= 11 is 0. The number of carboxylic acid groups (broad SMARTS) is 1. The lowest BCUT2D eigenvalue weighted by Gasteiger charge is -2.31. The number of nitrogens with zero attached hydrogens (tertiary/aromatic N) is 1. The number of piperidine rings is 1. The van der Waals surface area contributed by atoms with Crippen LogP contribution in [0.1, 0.15) is 19.8 Å². The molecule has 0 radical (unpaired) electrons. The second kappa shape index (κ2) is 6.66. The molecule has 0 spiro atoms. The first-order chi connectivity index (χ1) is 7.63. The number of likely N-dealkylation sites (tertiary alicyclic amines) is 1. The summed E-state index contributed by atoms with van der Waals surface area (Å²) in [5.74, 6) is -0.224. The van der Waals surface area contributed by atoms with Crippen LogP contribution in [-0.2, 0) is 4.79 Å². The van der Waals surface area contributed by atoms with Crippen LogP contribution in [0.25, 0.3) is 0 Å². The fraction of sp³-hybridized carbons (Fsp3) is 0.750. The Balaban J connectivity index is 2.11. The average Bonchev–Trinajstić information content (AvgIpc) is 2.29. The maximum atomic E-state index is 10.5. The Morgan fingerprint density at radius 2 is 2.12 bits per heavy atom. The summed E-state index contributed by atoms with van der Waals surface area (Å²) in [6.45, 7) is 10.5. The van der Waals surface area contributed by atoms with Crippen molar-refractivity contribution in [3.05, 3.63) is 12.2 Å². The standard InChI is InChI=1S/C12H22N2O2/c1-3-14-6-4-11(5-7-14)9-13-8-10(2)12(15)16/h11,13H,2-9H2,1H3,(H,15,16). The first-order valence-electron chi connectivity index (χ1n) is 5.97. The van der Waals surface area contributed by atoms with E-state index in [4.69, 9.17) is 5.11 Å². The number of rotatable bonds is 6. The minimum atomic E-state index is -0.909. The Morgan fingerprint density at radius 1 is 1.50 bits per heavy atom. The van der Waals surface area contributed by atoms with Gasteiger partial charge in [-0.25, -0.2) is 4.79 Å². The van der Waals surface area contributed by atoms with Crippen molar-refractivity contribution in [2.24, 2.45) is 5.92 Å². The van der Waals surface area contributed by atoms with Crippen molar-refractivity contribution >= 4 is 5.97 Å². The fourth-order valence-electron chi connectivity index (χ4n) is 2.01. The largest absolute Gasteiger partial charge is 0.478 e. The summed E-state index contributed by atoms with van der Waals surface area (Å²) < 4.78 is 0. The van der Waals surface area contributed by atoms with Crippen molar-refractivity contribution in [2.75, 3.05) is 32.7 Å². The molecule has 1 aliphatic rings. The molecule has 4 heteroatoms. The molecule has 0 saturated carbocycles. The Kier molecular flexibility index (Phi) is 5.49. The van der Waals surface area contributed by atoms with E-state index in [2.05, 4.69) is 23.7 Å². The molecule has 0 aromatic heterocycles. The van der Waals surface area contributed by atoms with Gasteiger partial charge in [-0.15, -0.1) is 0 Å². The van der Waals surface area contributed by atoms with Gasteiger partial charge in [-0.2, -0.15) is 0 Å².